The number of hydrogen-bond donors (Lipinski definition) is 2. The second kappa shape index (κ2) is 4.20. The number of carbonyl (C=O) groups excluding carboxylic acids is 1. The third kappa shape index (κ3) is 2.68. The number of anilines is 1. The molecule has 0 atom stereocenters. The molecule has 1 aromatic carbocycles. The Balaban J connectivity index is 2.87. The predicted octanol–water partition coefficient (Wildman–Crippen LogP) is 1.38. The van der Waals surface area contributed by atoms with Crippen LogP contribution in [0.1, 0.15) is 0 Å². The highest BCUT2D eigenvalue weighted by atomic mass is 35.5. The average molecular weight is 203 g/mol. The first-order valence-corrected chi connectivity index (χ1v) is 3.96. The minimum atomic E-state index is -0.461. The van der Waals surface area contributed by atoms with Gasteiger partial charge in [0.15, 0.2) is 0 Å². The van der Waals surface area contributed by atoms with E-state index in [1.165, 1.54) is 12.1 Å². The summed E-state index contributed by atoms with van der Waals surface area (Å²) in [5.74, 6) is -0.871. The van der Waals surface area contributed by atoms with Gasteiger partial charge in [-0.15, -0.1) is 0 Å². The van der Waals surface area contributed by atoms with E-state index in [1.807, 2.05) is 0 Å². The molecule has 0 radical (unpaired) electrons. The number of nitrogens with two attached hydrogens (primary N) is 1. The number of rotatable bonds is 2. The Morgan fingerprint density at radius 3 is 2.92 bits per heavy atom. The van der Waals surface area contributed by atoms with Gasteiger partial charge in [-0.25, -0.2) is 4.39 Å². The molecule has 1 aromatic rings. The summed E-state index contributed by atoms with van der Waals surface area (Å²) >= 11 is 5.68. The van der Waals surface area contributed by atoms with Crippen molar-refractivity contribution in [1.82, 2.24) is 0 Å². The Morgan fingerprint density at radius 2 is 2.31 bits per heavy atom. The molecule has 13 heavy (non-hydrogen) atoms. The Hall–Kier alpha value is -1.13. The van der Waals surface area contributed by atoms with E-state index in [9.17, 15) is 9.18 Å². The first-order valence-electron chi connectivity index (χ1n) is 3.58. The lowest BCUT2D eigenvalue weighted by Gasteiger charge is -2.05. The molecular weight excluding hydrogens is 195 g/mol. The van der Waals surface area contributed by atoms with Crippen LogP contribution in [0.4, 0.5) is 10.1 Å². The minimum Gasteiger partial charge on any atom is -0.324 e. The van der Waals surface area contributed by atoms with E-state index in [0.717, 1.165) is 6.07 Å². The predicted molar refractivity (Wildman–Crippen MR) is 49.1 cm³/mol. The van der Waals surface area contributed by atoms with E-state index in [-0.39, 0.29) is 17.3 Å². The maximum absolute atomic E-state index is 12.7. The molecule has 0 saturated heterocycles. The summed E-state index contributed by atoms with van der Waals surface area (Å²) in [5, 5.41) is 2.65. The Bertz CT molecular complexity index is 330. The smallest absolute Gasteiger partial charge is 0.238 e. The number of hydrogen-bond acceptors (Lipinski definition) is 2. The Kier molecular flexibility index (Phi) is 3.22. The van der Waals surface area contributed by atoms with Crippen LogP contribution in [0, 0.1) is 5.82 Å². The van der Waals surface area contributed by atoms with Gasteiger partial charge in [0.05, 0.1) is 17.3 Å². The second-order valence-corrected chi connectivity index (χ2v) is 2.78. The molecule has 1 rings (SSSR count). The van der Waals surface area contributed by atoms with E-state index >= 15 is 0 Å². The number of benzene rings is 1. The van der Waals surface area contributed by atoms with Crippen LogP contribution in [0.2, 0.25) is 5.02 Å². The first-order chi connectivity index (χ1) is 6.13. The molecule has 0 spiro atoms. The molecule has 0 saturated carbocycles. The van der Waals surface area contributed by atoms with Gasteiger partial charge in [-0.3, -0.25) is 4.79 Å². The number of halogens is 2. The lowest BCUT2D eigenvalue weighted by molar-refractivity contribution is -0.114. The van der Waals surface area contributed by atoms with E-state index in [0.29, 0.717) is 0 Å². The van der Waals surface area contributed by atoms with Gasteiger partial charge in [-0.05, 0) is 18.2 Å². The van der Waals surface area contributed by atoms with Gasteiger partial charge in [0.1, 0.15) is 5.82 Å². The normalized spacial score (nSPS) is 9.77. The highest BCUT2D eigenvalue weighted by Gasteiger charge is 2.04. The Morgan fingerprint density at radius 1 is 1.62 bits per heavy atom. The molecular formula is C8H8ClFN2O. The second-order valence-electron chi connectivity index (χ2n) is 2.38. The summed E-state index contributed by atoms with van der Waals surface area (Å²) in [4.78, 5) is 10.8. The molecule has 3 nitrogen and oxygen atoms in total. The fourth-order valence-electron chi connectivity index (χ4n) is 0.795. The van der Waals surface area contributed by atoms with Gasteiger partial charge in [-0.1, -0.05) is 11.6 Å². The summed E-state index contributed by atoms with van der Waals surface area (Å²) in [6, 6.07) is 3.71. The zero-order valence-corrected chi connectivity index (χ0v) is 7.44. The molecule has 0 aromatic heterocycles. The van der Waals surface area contributed by atoms with Gasteiger partial charge in [0.2, 0.25) is 5.91 Å². The van der Waals surface area contributed by atoms with Crippen molar-refractivity contribution in [2.45, 2.75) is 0 Å². The molecule has 3 N–H and O–H groups in total. The van der Waals surface area contributed by atoms with Crippen LogP contribution in [-0.2, 0) is 4.79 Å². The summed E-state index contributed by atoms with van der Waals surface area (Å²) in [6.45, 7) is -0.160. The van der Waals surface area contributed by atoms with E-state index in [2.05, 4.69) is 5.32 Å². The number of carbonyl (C=O) groups is 1. The van der Waals surface area contributed by atoms with E-state index in [1.54, 1.807) is 0 Å². The van der Waals surface area contributed by atoms with Crippen molar-refractivity contribution in [3.63, 3.8) is 0 Å². The maximum Gasteiger partial charge on any atom is 0.238 e. The summed E-state index contributed by atoms with van der Waals surface area (Å²) in [7, 11) is 0. The van der Waals surface area contributed by atoms with Gasteiger partial charge < -0.3 is 11.1 Å². The van der Waals surface area contributed by atoms with Gasteiger partial charge in [-0.2, -0.15) is 0 Å². The molecule has 0 aliphatic heterocycles. The molecule has 5 heteroatoms. The number of amides is 1. The van der Waals surface area contributed by atoms with Crippen LogP contribution >= 0.6 is 11.6 Å². The fourth-order valence-corrected chi connectivity index (χ4v) is 0.959. The molecule has 70 valence electrons. The van der Waals surface area contributed by atoms with Crippen LogP contribution in [0.15, 0.2) is 18.2 Å². The third-order valence-corrected chi connectivity index (χ3v) is 1.72. The Labute approximate surface area is 79.7 Å². The molecule has 0 unspecified atom stereocenters. The van der Waals surface area contributed by atoms with Crippen molar-refractivity contribution < 1.29 is 9.18 Å². The fraction of sp³-hybridized carbons (Fsp3) is 0.125. The topological polar surface area (TPSA) is 55.1 Å². The van der Waals surface area contributed by atoms with Crippen molar-refractivity contribution in [3.8, 4) is 0 Å². The van der Waals surface area contributed by atoms with Crippen LogP contribution < -0.4 is 11.1 Å². The van der Waals surface area contributed by atoms with Crippen LogP contribution in [0.25, 0.3) is 0 Å². The standard InChI is InChI=1S/C8H8ClFN2O/c9-6-2-1-5(10)3-7(6)12-8(13)4-11/h1-3H,4,11H2,(H,12,13). The molecule has 0 bridgehead atoms. The van der Waals surface area contributed by atoms with Crippen LogP contribution in [0.5, 0.6) is 0 Å². The highest BCUT2D eigenvalue weighted by Crippen LogP contribution is 2.21. The lowest BCUT2D eigenvalue weighted by atomic mass is 10.3. The highest BCUT2D eigenvalue weighted by molar-refractivity contribution is 6.33. The first kappa shape index (κ1) is 9.95. The zero-order chi connectivity index (χ0) is 9.84. The van der Waals surface area contributed by atoms with Crippen LogP contribution in [-0.4, -0.2) is 12.5 Å². The third-order valence-electron chi connectivity index (χ3n) is 1.39. The van der Waals surface area contributed by atoms with Gasteiger partial charge in [0, 0.05) is 0 Å². The molecule has 0 aliphatic rings. The van der Waals surface area contributed by atoms with Gasteiger partial charge in [0.25, 0.3) is 0 Å². The quantitative estimate of drug-likeness (QED) is 0.761. The zero-order valence-electron chi connectivity index (χ0n) is 6.68. The van der Waals surface area contributed by atoms with Crippen molar-refractivity contribution in [3.05, 3.63) is 29.0 Å². The summed E-state index contributed by atoms with van der Waals surface area (Å²) < 4.78 is 12.7. The lowest BCUT2D eigenvalue weighted by Crippen LogP contribution is -2.22. The molecule has 1 amide bonds. The molecule has 0 heterocycles. The van der Waals surface area contributed by atoms with E-state index < -0.39 is 11.7 Å². The molecule has 0 aliphatic carbocycles. The number of nitrogens with one attached hydrogen (secondary N) is 1. The SMILES string of the molecule is NCC(=O)Nc1cc(F)ccc1Cl. The monoisotopic (exact) mass is 202 g/mol. The average Bonchev–Trinajstić information content (AvgIpc) is 2.11. The summed E-state index contributed by atoms with van der Waals surface area (Å²) in [5.41, 5.74) is 5.29. The van der Waals surface area contributed by atoms with Crippen LogP contribution in [0.3, 0.4) is 0 Å². The minimum absolute atomic E-state index is 0.160. The van der Waals surface area contributed by atoms with Crippen molar-refractivity contribution in [2.24, 2.45) is 5.73 Å². The van der Waals surface area contributed by atoms with Crippen molar-refractivity contribution >= 4 is 23.2 Å². The van der Waals surface area contributed by atoms with Gasteiger partial charge >= 0.3 is 0 Å². The van der Waals surface area contributed by atoms with Crippen molar-refractivity contribution in [2.75, 3.05) is 11.9 Å². The molecule has 0 fully saturated rings. The van der Waals surface area contributed by atoms with Crippen molar-refractivity contribution in [1.29, 1.82) is 0 Å². The van der Waals surface area contributed by atoms with E-state index in [4.69, 9.17) is 17.3 Å². The largest absolute Gasteiger partial charge is 0.324 e. The maximum atomic E-state index is 12.7. The summed E-state index contributed by atoms with van der Waals surface area (Å²) in [6.07, 6.45) is 0.